The second-order valence-corrected chi connectivity index (χ2v) is 7.17. The van der Waals surface area contributed by atoms with Crippen molar-refractivity contribution in [2.45, 2.75) is 0 Å². The van der Waals surface area contributed by atoms with Gasteiger partial charge in [-0.15, -0.1) is 0 Å². The van der Waals surface area contributed by atoms with E-state index in [2.05, 4.69) is 0 Å². The van der Waals surface area contributed by atoms with Crippen LogP contribution in [0.5, 0.6) is 0 Å². The summed E-state index contributed by atoms with van der Waals surface area (Å²) in [4.78, 5) is 25.3. The summed E-state index contributed by atoms with van der Waals surface area (Å²) in [6.45, 7) is 0. The average Bonchev–Trinajstić information content (AvgIpc) is 3.06. The topological polar surface area (TPSA) is 48.9 Å². The first-order valence-electron chi connectivity index (χ1n) is 8.21. The fraction of sp³-hybridized carbons (Fsp3) is 0.100. The summed E-state index contributed by atoms with van der Waals surface area (Å²) in [5, 5.41) is 1.69. The third kappa shape index (κ3) is 2.80. The maximum atomic E-state index is 13.0. The average molecular weight is 400 g/mol. The molecule has 0 amide bonds. The fourth-order valence-corrected chi connectivity index (χ4v) is 3.49. The van der Waals surface area contributed by atoms with E-state index in [1.165, 1.54) is 11.6 Å². The molecule has 4 rings (SSSR count). The maximum Gasteiger partial charge on any atom is 0.330 e. The minimum atomic E-state index is -0.372. The van der Waals surface area contributed by atoms with Crippen LogP contribution in [0, 0.1) is 0 Å². The molecule has 0 radical (unpaired) electrons. The molecule has 7 heteroatoms. The zero-order valence-electron chi connectivity index (χ0n) is 14.6. The van der Waals surface area contributed by atoms with Gasteiger partial charge in [0.2, 0.25) is 0 Å². The highest BCUT2D eigenvalue weighted by Crippen LogP contribution is 2.31. The van der Waals surface area contributed by atoms with E-state index in [4.69, 9.17) is 23.2 Å². The molecule has 2 heterocycles. The van der Waals surface area contributed by atoms with Crippen LogP contribution in [-0.4, -0.2) is 13.7 Å². The second-order valence-electron chi connectivity index (χ2n) is 6.30. The molecule has 0 unspecified atom stereocenters. The lowest BCUT2D eigenvalue weighted by Gasteiger charge is -2.10. The third-order valence-electron chi connectivity index (χ3n) is 4.66. The number of fused-ring (bicyclic) bond motifs is 1. The molecule has 4 aromatic rings. The van der Waals surface area contributed by atoms with E-state index in [9.17, 15) is 9.59 Å². The second kappa shape index (κ2) is 6.44. The number of halogens is 2. The van der Waals surface area contributed by atoms with Gasteiger partial charge < -0.3 is 4.57 Å². The molecule has 0 N–H and O–H groups in total. The fourth-order valence-electron chi connectivity index (χ4n) is 3.24. The van der Waals surface area contributed by atoms with Crippen molar-refractivity contribution in [3.8, 4) is 16.9 Å². The summed E-state index contributed by atoms with van der Waals surface area (Å²) in [6.07, 6.45) is 1.80. The highest BCUT2D eigenvalue weighted by atomic mass is 35.5. The Morgan fingerprint density at radius 3 is 1.93 bits per heavy atom. The zero-order chi connectivity index (χ0) is 19.3. The van der Waals surface area contributed by atoms with Gasteiger partial charge >= 0.3 is 5.69 Å². The number of hydrogen-bond acceptors (Lipinski definition) is 2. The Morgan fingerprint density at radius 1 is 0.778 bits per heavy atom. The molecule has 0 fully saturated rings. The van der Waals surface area contributed by atoms with Crippen LogP contribution in [0.25, 0.3) is 27.8 Å². The summed E-state index contributed by atoms with van der Waals surface area (Å²) in [5.74, 6) is 0. The number of nitrogens with zero attached hydrogens (tertiary/aromatic N) is 3. The number of aryl methyl sites for hydroxylation is 1. The van der Waals surface area contributed by atoms with Crippen LogP contribution in [0.2, 0.25) is 10.0 Å². The minimum Gasteiger partial charge on any atom is -0.314 e. The summed E-state index contributed by atoms with van der Waals surface area (Å²) in [7, 11) is 3.14. The van der Waals surface area contributed by atoms with Gasteiger partial charge in [-0.1, -0.05) is 35.3 Å². The van der Waals surface area contributed by atoms with E-state index in [1.807, 2.05) is 28.8 Å². The highest BCUT2D eigenvalue weighted by molar-refractivity contribution is 6.31. The predicted octanol–water partition coefficient (Wildman–Crippen LogP) is 4.00. The van der Waals surface area contributed by atoms with Gasteiger partial charge in [-0.2, -0.15) is 0 Å². The minimum absolute atomic E-state index is 0.342. The van der Waals surface area contributed by atoms with Crippen LogP contribution < -0.4 is 11.2 Å². The van der Waals surface area contributed by atoms with Crippen molar-refractivity contribution < 1.29 is 0 Å². The molecule has 0 atom stereocenters. The van der Waals surface area contributed by atoms with Crippen LogP contribution in [0.1, 0.15) is 0 Å². The molecular formula is C20H15Cl2N3O2. The number of rotatable bonds is 2. The van der Waals surface area contributed by atoms with Gasteiger partial charge in [-0.25, -0.2) is 4.79 Å². The molecule has 2 aromatic carbocycles. The largest absolute Gasteiger partial charge is 0.330 e. The van der Waals surface area contributed by atoms with Crippen molar-refractivity contribution in [3.05, 3.63) is 85.6 Å². The lowest BCUT2D eigenvalue weighted by molar-refractivity contribution is 0.714. The molecule has 0 aliphatic carbocycles. The molecule has 27 heavy (non-hydrogen) atoms. The SMILES string of the molecule is Cn1c(=O)c2c(-c3ccc(Cl)cc3)n(-c3ccc(Cl)cc3)cc2n(C)c1=O. The summed E-state index contributed by atoms with van der Waals surface area (Å²) in [6, 6.07) is 14.5. The Balaban J connectivity index is 2.18. The van der Waals surface area contributed by atoms with E-state index < -0.39 is 0 Å². The predicted molar refractivity (Wildman–Crippen MR) is 109 cm³/mol. The monoisotopic (exact) mass is 399 g/mol. The van der Waals surface area contributed by atoms with E-state index >= 15 is 0 Å². The van der Waals surface area contributed by atoms with Gasteiger partial charge in [-0.3, -0.25) is 13.9 Å². The van der Waals surface area contributed by atoms with Crippen molar-refractivity contribution in [2.24, 2.45) is 14.1 Å². The molecule has 2 aromatic heterocycles. The van der Waals surface area contributed by atoms with Gasteiger partial charge in [-0.05, 0) is 42.0 Å². The Bertz CT molecular complexity index is 1280. The van der Waals surface area contributed by atoms with Crippen molar-refractivity contribution in [1.82, 2.24) is 13.7 Å². The first kappa shape index (κ1) is 17.6. The molecule has 5 nitrogen and oxygen atoms in total. The summed E-state index contributed by atoms with van der Waals surface area (Å²) >= 11 is 12.1. The smallest absolute Gasteiger partial charge is 0.314 e. The van der Waals surface area contributed by atoms with E-state index in [0.717, 1.165) is 15.8 Å². The van der Waals surface area contributed by atoms with Gasteiger partial charge in [0.05, 0.1) is 16.6 Å². The Morgan fingerprint density at radius 2 is 1.33 bits per heavy atom. The first-order chi connectivity index (χ1) is 12.9. The normalized spacial score (nSPS) is 11.3. The third-order valence-corrected chi connectivity index (χ3v) is 5.17. The Hall–Kier alpha value is -2.76. The Labute approximate surface area is 164 Å². The van der Waals surface area contributed by atoms with Crippen LogP contribution in [-0.2, 0) is 14.1 Å². The number of aromatic nitrogens is 3. The standard InChI is InChI=1S/C20H15Cl2N3O2/c1-23-16-11-25(15-9-7-14(22)8-10-15)18(12-3-5-13(21)6-4-12)17(16)19(26)24(2)20(23)27/h3-11H,1-2H3. The van der Waals surface area contributed by atoms with Crippen molar-refractivity contribution >= 4 is 34.1 Å². The van der Waals surface area contributed by atoms with Crippen molar-refractivity contribution in [2.75, 3.05) is 0 Å². The molecule has 0 saturated carbocycles. The lowest BCUT2D eigenvalue weighted by atomic mass is 10.1. The van der Waals surface area contributed by atoms with Crippen molar-refractivity contribution in [3.63, 3.8) is 0 Å². The molecule has 136 valence electrons. The quantitative estimate of drug-likeness (QED) is 0.511. The van der Waals surface area contributed by atoms with E-state index in [1.54, 1.807) is 37.5 Å². The lowest BCUT2D eigenvalue weighted by Crippen LogP contribution is -2.36. The van der Waals surface area contributed by atoms with Gasteiger partial charge in [0.25, 0.3) is 5.56 Å². The number of hydrogen-bond donors (Lipinski definition) is 0. The van der Waals surface area contributed by atoms with Crippen LogP contribution in [0.15, 0.2) is 64.3 Å². The summed E-state index contributed by atoms with van der Waals surface area (Å²) in [5.41, 5.74) is 2.19. The van der Waals surface area contributed by atoms with Gasteiger partial charge in [0.15, 0.2) is 0 Å². The summed E-state index contributed by atoms with van der Waals surface area (Å²) < 4.78 is 4.49. The number of benzene rings is 2. The van der Waals surface area contributed by atoms with Crippen LogP contribution in [0.3, 0.4) is 0 Å². The molecule has 0 saturated heterocycles. The van der Waals surface area contributed by atoms with Crippen LogP contribution in [0.4, 0.5) is 0 Å². The van der Waals surface area contributed by atoms with Gasteiger partial charge in [0, 0.05) is 36.0 Å². The van der Waals surface area contributed by atoms with Gasteiger partial charge in [0.1, 0.15) is 0 Å². The molecule has 0 spiro atoms. The van der Waals surface area contributed by atoms with E-state index in [-0.39, 0.29) is 11.2 Å². The highest BCUT2D eigenvalue weighted by Gasteiger charge is 2.20. The maximum absolute atomic E-state index is 13.0. The van der Waals surface area contributed by atoms with Crippen LogP contribution >= 0.6 is 23.2 Å². The molecular weight excluding hydrogens is 385 g/mol. The zero-order valence-corrected chi connectivity index (χ0v) is 16.1. The van der Waals surface area contributed by atoms with Crippen molar-refractivity contribution in [1.29, 1.82) is 0 Å². The van der Waals surface area contributed by atoms with E-state index in [0.29, 0.717) is 26.6 Å². The Kier molecular flexibility index (Phi) is 4.21. The molecule has 0 bridgehead atoms. The molecule has 0 aliphatic heterocycles. The molecule has 0 aliphatic rings. The first-order valence-corrected chi connectivity index (χ1v) is 8.97.